The lowest BCUT2D eigenvalue weighted by Gasteiger charge is -2.03. The Morgan fingerprint density at radius 3 is 2.82 bits per heavy atom. The molecule has 0 spiro atoms. The van der Waals surface area contributed by atoms with Crippen LogP contribution in [0, 0.1) is 6.92 Å². The Morgan fingerprint density at radius 2 is 2.29 bits per heavy atom. The number of nitrogens with two attached hydrogens (primary N) is 1. The number of carbonyl (C=O) groups is 1. The van der Waals surface area contributed by atoms with E-state index in [1.807, 2.05) is 0 Å². The van der Waals surface area contributed by atoms with Gasteiger partial charge in [0.25, 0.3) is 5.91 Å². The van der Waals surface area contributed by atoms with Gasteiger partial charge in [-0.05, 0) is 35.0 Å². The molecular formula is C10H9BrN4OS. The SMILES string of the molecule is Cc1nc(N)sc1C(=O)Nc1ccc(Br)nc1. The Morgan fingerprint density at radius 1 is 1.53 bits per heavy atom. The Labute approximate surface area is 110 Å². The molecule has 0 radical (unpaired) electrons. The Bertz CT molecular complexity index is 552. The van der Waals surface area contributed by atoms with Crippen LogP contribution in [0.1, 0.15) is 15.4 Å². The summed E-state index contributed by atoms with van der Waals surface area (Å²) in [5.41, 5.74) is 6.80. The summed E-state index contributed by atoms with van der Waals surface area (Å²) in [6, 6.07) is 3.51. The van der Waals surface area contributed by atoms with E-state index in [1.54, 1.807) is 25.3 Å². The van der Waals surface area contributed by atoms with Crippen LogP contribution in [-0.4, -0.2) is 15.9 Å². The Hall–Kier alpha value is -1.47. The summed E-state index contributed by atoms with van der Waals surface area (Å²) in [6.07, 6.45) is 1.57. The number of rotatable bonds is 2. The fourth-order valence-electron chi connectivity index (χ4n) is 1.27. The second kappa shape index (κ2) is 4.80. The van der Waals surface area contributed by atoms with Crippen molar-refractivity contribution in [2.75, 3.05) is 11.1 Å². The van der Waals surface area contributed by atoms with Crippen molar-refractivity contribution < 1.29 is 4.79 Å². The number of aromatic nitrogens is 2. The van der Waals surface area contributed by atoms with Crippen LogP contribution in [-0.2, 0) is 0 Å². The number of hydrogen-bond acceptors (Lipinski definition) is 5. The summed E-state index contributed by atoms with van der Waals surface area (Å²) in [7, 11) is 0. The van der Waals surface area contributed by atoms with Crippen molar-refractivity contribution in [2.24, 2.45) is 0 Å². The summed E-state index contributed by atoms with van der Waals surface area (Å²) in [5, 5.41) is 3.12. The number of carbonyl (C=O) groups excluding carboxylic acids is 1. The van der Waals surface area contributed by atoms with E-state index in [9.17, 15) is 4.79 Å². The average molecular weight is 313 g/mol. The molecule has 0 saturated carbocycles. The molecule has 0 unspecified atom stereocenters. The molecule has 0 atom stereocenters. The van der Waals surface area contributed by atoms with Crippen LogP contribution >= 0.6 is 27.3 Å². The number of nitrogens with zero attached hydrogens (tertiary/aromatic N) is 2. The predicted molar refractivity (Wildman–Crippen MR) is 71.2 cm³/mol. The minimum atomic E-state index is -0.221. The summed E-state index contributed by atoms with van der Waals surface area (Å²) >= 11 is 4.39. The van der Waals surface area contributed by atoms with E-state index in [4.69, 9.17) is 5.73 Å². The number of nitrogen functional groups attached to an aromatic ring is 1. The molecule has 0 aliphatic rings. The van der Waals surface area contributed by atoms with Crippen molar-refractivity contribution in [1.82, 2.24) is 9.97 Å². The highest BCUT2D eigenvalue weighted by molar-refractivity contribution is 9.10. The van der Waals surface area contributed by atoms with Gasteiger partial charge in [-0.3, -0.25) is 4.79 Å². The third-order valence-electron chi connectivity index (χ3n) is 2.00. The molecule has 0 bridgehead atoms. The molecule has 1 amide bonds. The van der Waals surface area contributed by atoms with Crippen LogP contribution in [0.15, 0.2) is 22.9 Å². The average Bonchev–Trinajstić information content (AvgIpc) is 2.61. The molecule has 3 N–H and O–H groups in total. The third-order valence-corrected chi connectivity index (χ3v) is 3.46. The van der Waals surface area contributed by atoms with Crippen molar-refractivity contribution in [1.29, 1.82) is 0 Å². The van der Waals surface area contributed by atoms with E-state index >= 15 is 0 Å². The maximum Gasteiger partial charge on any atom is 0.267 e. The topological polar surface area (TPSA) is 80.9 Å². The van der Waals surface area contributed by atoms with E-state index in [1.165, 1.54) is 11.3 Å². The maximum absolute atomic E-state index is 11.9. The molecule has 0 saturated heterocycles. The zero-order valence-corrected chi connectivity index (χ0v) is 11.3. The van der Waals surface area contributed by atoms with E-state index < -0.39 is 0 Å². The van der Waals surface area contributed by atoms with Crippen LogP contribution < -0.4 is 11.1 Å². The second-order valence-electron chi connectivity index (χ2n) is 3.29. The van der Waals surface area contributed by atoms with Crippen molar-refractivity contribution in [3.8, 4) is 0 Å². The zero-order chi connectivity index (χ0) is 12.4. The molecule has 88 valence electrons. The van der Waals surface area contributed by atoms with Gasteiger partial charge in [-0.1, -0.05) is 11.3 Å². The lowest BCUT2D eigenvalue weighted by molar-refractivity contribution is 0.103. The third kappa shape index (κ3) is 2.80. The summed E-state index contributed by atoms with van der Waals surface area (Å²) in [4.78, 5) is 20.4. The van der Waals surface area contributed by atoms with Crippen LogP contribution in [0.4, 0.5) is 10.8 Å². The monoisotopic (exact) mass is 312 g/mol. The minimum Gasteiger partial charge on any atom is -0.375 e. The van der Waals surface area contributed by atoms with E-state index in [2.05, 4.69) is 31.2 Å². The first kappa shape index (κ1) is 12.0. The Kier molecular flexibility index (Phi) is 3.39. The van der Waals surface area contributed by atoms with Crippen molar-refractivity contribution in [3.05, 3.63) is 33.5 Å². The molecule has 2 rings (SSSR count). The number of halogens is 1. The quantitative estimate of drug-likeness (QED) is 0.835. The number of anilines is 2. The van der Waals surface area contributed by atoms with Gasteiger partial charge in [0.2, 0.25) is 0 Å². The first-order valence-corrected chi connectivity index (χ1v) is 6.33. The zero-order valence-electron chi connectivity index (χ0n) is 8.90. The number of hydrogen-bond donors (Lipinski definition) is 2. The standard InChI is InChI=1S/C10H9BrN4OS/c1-5-8(17-10(12)14-5)9(16)15-6-2-3-7(11)13-4-6/h2-4H,1H3,(H2,12,14)(H,15,16). The van der Waals surface area contributed by atoms with Gasteiger partial charge in [-0.2, -0.15) is 0 Å². The molecule has 0 aromatic carbocycles. The van der Waals surface area contributed by atoms with Crippen molar-refractivity contribution >= 4 is 44.0 Å². The summed E-state index contributed by atoms with van der Waals surface area (Å²) in [5.74, 6) is -0.221. The van der Waals surface area contributed by atoms with Crippen molar-refractivity contribution in [2.45, 2.75) is 6.92 Å². The molecule has 17 heavy (non-hydrogen) atoms. The highest BCUT2D eigenvalue weighted by Gasteiger charge is 2.14. The van der Waals surface area contributed by atoms with Gasteiger partial charge in [0.15, 0.2) is 5.13 Å². The van der Waals surface area contributed by atoms with Crippen molar-refractivity contribution in [3.63, 3.8) is 0 Å². The predicted octanol–water partition coefficient (Wildman–Crippen LogP) is 2.44. The smallest absolute Gasteiger partial charge is 0.267 e. The van der Waals surface area contributed by atoms with Gasteiger partial charge in [-0.15, -0.1) is 0 Å². The highest BCUT2D eigenvalue weighted by atomic mass is 79.9. The molecule has 2 aromatic heterocycles. The molecule has 0 aliphatic heterocycles. The van der Waals surface area contributed by atoms with E-state index in [0.717, 1.165) is 0 Å². The van der Waals surface area contributed by atoms with Gasteiger partial charge in [0.1, 0.15) is 9.48 Å². The van der Waals surface area contributed by atoms with Gasteiger partial charge < -0.3 is 11.1 Å². The fourth-order valence-corrected chi connectivity index (χ4v) is 2.23. The first-order chi connectivity index (χ1) is 8.06. The van der Waals surface area contributed by atoms with Gasteiger partial charge in [-0.25, -0.2) is 9.97 Å². The van der Waals surface area contributed by atoms with E-state index in [-0.39, 0.29) is 5.91 Å². The van der Waals surface area contributed by atoms with Crippen LogP contribution in [0.2, 0.25) is 0 Å². The first-order valence-electron chi connectivity index (χ1n) is 4.72. The van der Waals surface area contributed by atoms with Crippen LogP contribution in [0.25, 0.3) is 0 Å². The maximum atomic E-state index is 11.9. The fraction of sp³-hybridized carbons (Fsp3) is 0.100. The molecule has 2 aromatic rings. The molecule has 5 nitrogen and oxygen atoms in total. The highest BCUT2D eigenvalue weighted by Crippen LogP contribution is 2.21. The molecule has 0 aliphatic carbocycles. The number of thiazole rings is 1. The van der Waals surface area contributed by atoms with Gasteiger partial charge in [0.05, 0.1) is 17.6 Å². The van der Waals surface area contributed by atoms with Crippen LogP contribution in [0.5, 0.6) is 0 Å². The van der Waals surface area contributed by atoms with E-state index in [0.29, 0.717) is 26.0 Å². The minimum absolute atomic E-state index is 0.221. The summed E-state index contributed by atoms with van der Waals surface area (Å²) in [6.45, 7) is 1.75. The number of amides is 1. The van der Waals surface area contributed by atoms with Crippen LogP contribution in [0.3, 0.4) is 0 Å². The lowest BCUT2D eigenvalue weighted by atomic mass is 10.3. The summed E-state index contributed by atoms with van der Waals surface area (Å²) < 4.78 is 0.716. The molecular weight excluding hydrogens is 304 g/mol. The molecule has 2 heterocycles. The largest absolute Gasteiger partial charge is 0.375 e. The second-order valence-corrected chi connectivity index (χ2v) is 5.13. The number of nitrogens with one attached hydrogen (secondary N) is 1. The Balaban J connectivity index is 2.17. The molecule has 0 fully saturated rings. The number of aryl methyl sites for hydroxylation is 1. The molecule has 7 heteroatoms. The van der Waals surface area contributed by atoms with Gasteiger partial charge >= 0.3 is 0 Å². The number of pyridine rings is 1. The normalized spacial score (nSPS) is 10.2. The lowest BCUT2D eigenvalue weighted by Crippen LogP contribution is -2.11. The van der Waals surface area contributed by atoms with Gasteiger partial charge in [0, 0.05) is 0 Å².